The van der Waals surface area contributed by atoms with Crippen molar-refractivity contribution in [3.63, 3.8) is 0 Å². The van der Waals surface area contributed by atoms with E-state index < -0.39 is 21.3 Å². The van der Waals surface area contributed by atoms with Crippen LogP contribution in [0.4, 0.5) is 0 Å². The van der Waals surface area contributed by atoms with Gasteiger partial charge >= 0.3 is 0 Å². The van der Waals surface area contributed by atoms with Crippen LogP contribution in [-0.4, -0.2) is 71.5 Å². The Labute approximate surface area is 156 Å². The molecule has 2 N–H and O–H groups in total. The lowest BCUT2D eigenvalue weighted by molar-refractivity contribution is 0.0296. The van der Waals surface area contributed by atoms with Crippen molar-refractivity contribution < 1.29 is 23.1 Å². The van der Waals surface area contributed by atoms with Crippen LogP contribution >= 0.6 is 11.3 Å². The summed E-state index contributed by atoms with van der Waals surface area (Å²) >= 11 is 1.08. The predicted octanol–water partition coefficient (Wildman–Crippen LogP) is 0.437. The van der Waals surface area contributed by atoms with Crippen LogP contribution in [0.5, 0.6) is 0 Å². The first kappa shape index (κ1) is 19.2. The molecule has 1 aromatic rings. The molecule has 2 aliphatic heterocycles. The molecular weight excluding hydrogens is 378 g/mol. The Bertz CT molecular complexity index is 791. The Balaban J connectivity index is 1.57. The van der Waals surface area contributed by atoms with Gasteiger partial charge in [-0.3, -0.25) is 9.59 Å². The lowest BCUT2D eigenvalue weighted by atomic mass is 9.97. The maximum Gasteiger partial charge on any atom is 0.280 e. The van der Waals surface area contributed by atoms with E-state index in [1.165, 1.54) is 0 Å². The largest absolute Gasteiger partial charge is 0.388 e. The summed E-state index contributed by atoms with van der Waals surface area (Å²) in [5.74, 6) is -0.793. The SMILES string of the molecule is CC1CCCN1C(=O)c1csc(C(=O)NCC2(O)CCS(=O)(=O)CC2)n1. The van der Waals surface area contributed by atoms with E-state index in [2.05, 4.69) is 10.3 Å². The van der Waals surface area contributed by atoms with Gasteiger partial charge in [-0.1, -0.05) is 0 Å². The van der Waals surface area contributed by atoms with E-state index in [-0.39, 0.29) is 53.5 Å². The van der Waals surface area contributed by atoms with Crippen molar-refractivity contribution in [3.05, 3.63) is 16.1 Å². The predicted molar refractivity (Wildman–Crippen MR) is 97.0 cm³/mol. The van der Waals surface area contributed by atoms with Crippen molar-refractivity contribution in [2.75, 3.05) is 24.6 Å². The number of hydrogen-bond acceptors (Lipinski definition) is 7. The summed E-state index contributed by atoms with van der Waals surface area (Å²) in [5, 5.41) is 14.7. The fraction of sp³-hybridized carbons (Fsp3) is 0.688. The number of likely N-dealkylation sites (tertiary alicyclic amines) is 1. The van der Waals surface area contributed by atoms with Gasteiger partial charge in [-0.25, -0.2) is 13.4 Å². The maximum absolute atomic E-state index is 12.5. The average molecular weight is 402 g/mol. The highest BCUT2D eigenvalue weighted by Crippen LogP contribution is 2.23. The molecule has 26 heavy (non-hydrogen) atoms. The van der Waals surface area contributed by atoms with Gasteiger partial charge in [0.25, 0.3) is 11.8 Å². The summed E-state index contributed by atoms with van der Waals surface area (Å²) in [7, 11) is -3.09. The summed E-state index contributed by atoms with van der Waals surface area (Å²) in [6, 6.07) is 0.179. The highest BCUT2D eigenvalue weighted by Gasteiger charge is 2.36. The highest BCUT2D eigenvalue weighted by molar-refractivity contribution is 7.91. The van der Waals surface area contributed by atoms with Gasteiger partial charge in [0.15, 0.2) is 14.8 Å². The monoisotopic (exact) mass is 401 g/mol. The third-order valence-corrected chi connectivity index (χ3v) is 7.56. The Morgan fingerprint density at radius 3 is 2.73 bits per heavy atom. The molecule has 0 saturated carbocycles. The van der Waals surface area contributed by atoms with Crippen LogP contribution in [0.2, 0.25) is 0 Å². The molecule has 8 nitrogen and oxygen atoms in total. The standard InChI is InChI=1S/C16H23N3O5S2/c1-11-3-2-6-19(11)15(21)12-9-25-14(18-12)13(20)17-10-16(22)4-7-26(23,24)8-5-16/h9,11,22H,2-8,10H2,1H3,(H,17,20). The molecule has 1 unspecified atom stereocenters. The summed E-state index contributed by atoms with van der Waals surface area (Å²) in [6.45, 7) is 2.67. The zero-order chi connectivity index (χ0) is 18.9. The molecule has 3 rings (SSSR count). The minimum atomic E-state index is -3.09. The second-order valence-electron chi connectivity index (χ2n) is 7.09. The van der Waals surface area contributed by atoms with Crippen LogP contribution in [0, 0.1) is 0 Å². The van der Waals surface area contributed by atoms with E-state index in [0.29, 0.717) is 6.54 Å². The van der Waals surface area contributed by atoms with Gasteiger partial charge in [0.1, 0.15) is 5.69 Å². The van der Waals surface area contributed by atoms with E-state index >= 15 is 0 Å². The maximum atomic E-state index is 12.5. The van der Waals surface area contributed by atoms with Gasteiger partial charge in [-0.2, -0.15) is 0 Å². The molecule has 1 atom stereocenters. The minimum absolute atomic E-state index is 0.0344. The van der Waals surface area contributed by atoms with Crippen molar-refractivity contribution in [2.24, 2.45) is 0 Å². The van der Waals surface area contributed by atoms with E-state index in [9.17, 15) is 23.1 Å². The zero-order valence-corrected chi connectivity index (χ0v) is 16.2. The van der Waals surface area contributed by atoms with Crippen molar-refractivity contribution in [2.45, 2.75) is 44.2 Å². The molecule has 0 bridgehead atoms. The topological polar surface area (TPSA) is 117 Å². The number of sulfone groups is 1. The van der Waals surface area contributed by atoms with Gasteiger partial charge in [-0.15, -0.1) is 11.3 Å². The molecule has 0 aliphatic carbocycles. The lowest BCUT2D eigenvalue weighted by Gasteiger charge is -2.31. The van der Waals surface area contributed by atoms with Crippen LogP contribution in [0.25, 0.3) is 0 Å². The van der Waals surface area contributed by atoms with Gasteiger partial charge in [0, 0.05) is 24.5 Å². The molecule has 0 aromatic carbocycles. The Hall–Kier alpha value is -1.52. The number of rotatable bonds is 4. The van der Waals surface area contributed by atoms with Crippen molar-refractivity contribution in [3.8, 4) is 0 Å². The fourth-order valence-corrected chi connectivity index (χ4v) is 5.57. The van der Waals surface area contributed by atoms with Crippen molar-refractivity contribution >= 4 is 33.0 Å². The molecule has 2 saturated heterocycles. The molecule has 0 radical (unpaired) electrons. The Morgan fingerprint density at radius 1 is 1.42 bits per heavy atom. The van der Waals surface area contributed by atoms with E-state index in [1.807, 2.05) is 6.92 Å². The van der Waals surface area contributed by atoms with Gasteiger partial charge in [0.2, 0.25) is 0 Å². The molecule has 3 heterocycles. The normalized spacial score (nSPS) is 24.4. The quantitative estimate of drug-likeness (QED) is 0.756. The molecule has 144 valence electrons. The summed E-state index contributed by atoms with van der Waals surface area (Å²) < 4.78 is 22.9. The summed E-state index contributed by atoms with van der Waals surface area (Å²) in [6.07, 6.45) is 2.14. The fourth-order valence-electron chi connectivity index (χ4n) is 3.27. The number of nitrogens with one attached hydrogen (secondary N) is 1. The smallest absolute Gasteiger partial charge is 0.280 e. The third kappa shape index (κ3) is 4.24. The van der Waals surface area contributed by atoms with Gasteiger partial charge in [-0.05, 0) is 32.6 Å². The van der Waals surface area contributed by atoms with Crippen molar-refractivity contribution in [1.29, 1.82) is 0 Å². The van der Waals surface area contributed by atoms with Gasteiger partial charge in [0.05, 0.1) is 17.1 Å². The minimum Gasteiger partial charge on any atom is -0.388 e. The number of aromatic nitrogens is 1. The second-order valence-corrected chi connectivity index (χ2v) is 10.2. The Kier molecular flexibility index (Phi) is 5.36. The van der Waals surface area contributed by atoms with Crippen LogP contribution in [-0.2, 0) is 9.84 Å². The molecule has 0 spiro atoms. The number of carbonyl (C=O) groups excluding carboxylic acids is 2. The number of thiazole rings is 1. The highest BCUT2D eigenvalue weighted by atomic mass is 32.2. The number of aliphatic hydroxyl groups is 1. The average Bonchev–Trinajstić information content (AvgIpc) is 3.25. The van der Waals surface area contributed by atoms with E-state index in [4.69, 9.17) is 0 Å². The van der Waals surface area contributed by atoms with E-state index in [0.717, 1.165) is 24.2 Å². The van der Waals surface area contributed by atoms with Crippen LogP contribution in [0.3, 0.4) is 0 Å². The van der Waals surface area contributed by atoms with E-state index in [1.54, 1.807) is 10.3 Å². The second kappa shape index (κ2) is 7.24. The molecule has 10 heteroatoms. The first-order chi connectivity index (χ1) is 12.2. The number of hydrogen-bond donors (Lipinski definition) is 2. The van der Waals surface area contributed by atoms with Crippen LogP contribution in [0.15, 0.2) is 5.38 Å². The van der Waals surface area contributed by atoms with Crippen LogP contribution < -0.4 is 5.32 Å². The number of amides is 2. The van der Waals surface area contributed by atoms with Crippen LogP contribution in [0.1, 0.15) is 52.9 Å². The molecule has 2 aliphatic rings. The molecule has 1 aromatic heterocycles. The molecule has 2 fully saturated rings. The molecule has 2 amide bonds. The number of carbonyl (C=O) groups is 2. The lowest BCUT2D eigenvalue weighted by Crippen LogP contribution is -2.48. The molecular formula is C16H23N3O5S2. The Morgan fingerprint density at radius 2 is 2.12 bits per heavy atom. The number of nitrogens with zero attached hydrogens (tertiary/aromatic N) is 2. The zero-order valence-electron chi connectivity index (χ0n) is 14.6. The summed E-state index contributed by atoms with van der Waals surface area (Å²) in [5.41, 5.74) is -0.960. The van der Waals surface area contributed by atoms with Crippen molar-refractivity contribution in [1.82, 2.24) is 15.2 Å². The first-order valence-electron chi connectivity index (χ1n) is 8.67. The van der Waals surface area contributed by atoms with Gasteiger partial charge < -0.3 is 15.3 Å². The first-order valence-corrected chi connectivity index (χ1v) is 11.4. The third-order valence-electron chi connectivity index (χ3n) is 5.07. The summed E-state index contributed by atoms with van der Waals surface area (Å²) in [4.78, 5) is 30.6.